The molecule has 3 rings (SSSR count). The molecule has 0 aromatic heterocycles. The molecular formula is C20H17F2NO. The predicted octanol–water partition coefficient (Wildman–Crippen LogP) is 5.16. The Hall–Kier alpha value is -2.88. The van der Waals surface area contributed by atoms with Gasteiger partial charge in [0.2, 0.25) is 0 Å². The van der Waals surface area contributed by atoms with Crippen molar-refractivity contribution >= 4 is 5.69 Å². The van der Waals surface area contributed by atoms with Gasteiger partial charge in [-0.2, -0.15) is 0 Å². The van der Waals surface area contributed by atoms with E-state index in [1.165, 1.54) is 18.2 Å². The van der Waals surface area contributed by atoms with Crippen LogP contribution in [-0.4, -0.2) is 0 Å². The summed E-state index contributed by atoms with van der Waals surface area (Å²) in [5.74, 6) is 0.143. The van der Waals surface area contributed by atoms with Gasteiger partial charge in [0.15, 0.2) is 0 Å². The average molecular weight is 325 g/mol. The van der Waals surface area contributed by atoms with E-state index in [0.717, 1.165) is 11.3 Å². The highest BCUT2D eigenvalue weighted by Crippen LogP contribution is 2.21. The lowest BCUT2D eigenvalue weighted by Crippen LogP contribution is -2.04. The number of ether oxygens (including phenoxy) is 1. The summed E-state index contributed by atoms with van der Waals surface area (Å²) in [5.41, 5.74) is 2.28. The number of rotatable bonds is 6. The minimum atomic E-state index is -0.278. The van der Waals surface area contributed by atoms with Crippen LogP contribution in [0.4, 0.5) is 14.5 Å². The summed E-state index contributed by atoms with van der Waals surface area (Å²) in [6.45, 7) is 0.694. The molecule has 2 nitrogen and oxygen atoms in total. The van der Waals surface area contributed by atoms with Crippen LogP contribution >= 0.6 is 0 Å². The van der Waals surface area contributed by atoms with Gasteiger partial charge >= 0.3 is 0 Å². The molecule has 1 N–H and O–H groups in total. The van der Waals surface area contributed by atoms with Crippen molar-refractivity contribution < 1.29 is 13.5 Å². The second-order valence-corrected chi connectivity index (χ2v) is 5.35. The first kappa shape index (κ1) is 16.0. The van der Waals surface area contributed by atoms with Gasteiger partial charge in [-0.15, -0.1) is 0 Å². The maximum absolute atomic E-state index is 13.7. The van der Waals surface area contributed by atoms with E-state index in [-0.39, 0.29) is 18.2 Å². The van der Waals surface area contributed by atoms with E-state index in [9.17, 15) is 8.78 Å². The van der Waals surface area contributed by atoms with Gasteiger partial charge in [0.05, 0.1) is 0 Å². The molecule has 0 fully saturated rings. The highest BCUT2D eigenvalue weighted by Gasteiger charge is 2.06. The van der Waals surface area contributed by atoms with Gasteiger partial charge in [0.1, 0.15) is 24.0 Å². The van der Waals surface area contributed by atoms with Gasteiger partial charge in [-0.3, -0.25) is 0 Å². The Morgan fingerprint density at radius 1 is 0.750 bits per heavy atom. The molecule has 24 heavy (non-hydrogen) atoms. The molecule has 0 atom stereocenters. The van der Waals surface area contributed by atoms with Crippen molar-refractivity contribution in [3.8, 4) is 5.75 Å². The van der Waals surface area contributed by atoms with Crippen LogP contribution in [0.3, 0.4) is 0 Å². The summed E-state index contributed by atoms with van der Waals surface area (Å²) in [7, 11) is 0. The second-order valence-electron chi connectivity index (χ2n) is 5.35. The predicted molar refractivity (Wildman–Crippen MR) is 90.9 cm³/mol. The number of benzene rings is 3. The van der Waals surface area contributed by atoms with Crippen molar-refractivity contribution in [1.29, 1.82) is 0 Å². The smallest absolute Gasteiger partial charge is 0.129 e. The van der Waals surface area contributed by atoms with Crippen LogP contribution in [0.1, 0.15) is 11.1 Å². The molecule has 0 aliphatic heterocycles. The number of halogens is 2. The summed E-state index contributed by atoms with van der Waals surface area (Å²) in [4.78, 5) is 0. The van der Waals surface area contributed by atoms with Gasteiger partial charge in [0.25, 0.3) is 0 Å². The minimum Gasteiger partial charge on any atom is -0.488 e. The van der Waals surface area contributed by atoms with Crippen LogP contribution in [0, 0.1) is 11.6 Å². The molecule has 0 spiro atoms. The number of nitrogens with one attached hydrogen (secondary N) is 1. The fourth-order valence-electron chi connectivity index (χ4n) is 2.33. The second kappa shape index (κ2) is 7.59. The monoisotopic (exact) mass is 325 g/mol. The fourth-order valence-corrected chi connectivity index (χ4v) is 2.33. The van der Waals surface area contributed by atoms with Crippen molar-refractivity contribution in [3.05, 3.63) is 95.6 Å². The van der Waals surface area contributed by atoms with Crippen molar-refractivity contribution in [2.24, 2.45) is 0 Å². The van der Waals surface area contributed by atoms with Crippen LogP contribution in [0.25, 0.3) is 0 Å². The molecule has 122 valence electrons. The lowest BCUT2D eigenvalue weighted by molar-refractivity contribution is 0.297. The Labute approximate surface area is 139 Å². The van der Waals surface area contributed by atoms with E-state index < -0.39 is 0 Å². The molecule has 0 amide bonds. The summed E-state index contributed by atoms with van der Waals surface area (Å²) in [6.07, 6.45) is 0. The van der Waals surface area contributed by atoms with Gasteiger partial charge in [-0.05, 0) is 36.4 Å². The molecule has 4 heteroatoms. The van der Waals surface area contributed by atoms with Gasteiger partial charge in [-0.25, -0.2) is 8.78 Å². The third-order valence-electron chi connectivity index (χ3n) is 3.64. The normalized spacial score (nSPS) is 10.4. The van der Waals surface area contributed by atoms with Gasteiger partial charge < -0.3 is 10.1 Å². The minimum absolute atomic E-state index is 0.167. The largest absolute Gasteiger partial charge is 0.488 e. The first-order valence-electron chi connectivity index (χ1n) is 7.66. The molecular weight excluding hydrogens is 308 g/mol. The highest BCUT2D eigenvalue weighted by atomic mass is 19.1. The number of hydrogen-bond acceptors (Lipinski definition) is 2. The first-order valence-corrected chi connectivity index (χ1v) is 7.66. The summed E-state index contributed by atoms with van der Waals surface area (Å²) < 4.78 is 32.4. The highest BCUT2D eigenvalue weighted by molar-refractivity contribution is 5.45. The molecule has 0 saturated heterocycles. The van der Waals surface area contributed by atoms with Crippen molar-refractivity contribution in [1.82, 2.24) is 0 Å². The fraction of sp³-hybridized carbons (Fsp3) is 0.100. The molecule has 0 heterocycles. The Balaban J connectivity index is 1.66. The van der Waals surface area contributed by atoms with E-state index in [2.05, 4.69) is 5.32 Å². The first-order chi connectivity index (χ1) is 11.7. The molecule has 0 radical (unpaired) electrons. The molecule has 0 saturated carbocycles. The summed E-state index contributed by atoms with van der Waals surface area (Å²) in [6, 6.07) is 20.3. The number of para-hydroxylation sites is 1. The van der Waals surface area contributed by atoms with Crippen LogP contribution in [-0.2, 0) is 13.2 Å². The number of anilines is 1. The van der Waals surface area contributed by atoms with Crippen LogP contribution in [0.5, 0.6) is 5.75 Å². The van der Waals surface area contributed by atoms with E-state index in [4.69, 9.17) is 4.74 Å². The zero-order valence-electron chi connectivity index (χ0n) is 13.0. The van der Waals surface area contributed by atoms with Crippen LogP contribution in [0.15, 0.2) is 72.8 Å². The Morgan fingerprint density at radius 3 is 2.17 bits per heavy atom. The van der Waals surface area contributed by atoms with Crippen molar-refractivity contribution in [2.45, 2.75) is 13.2 Å². The third kappa shape index (κ3) is 4.10. The maximum atomic E-state index is 13.7. The molecule has 0 bridgehead atoms. The zero-order valence-corrected chi connectivity index (χ0v) is 13.0. The third-order valence-corrected chi connectivity index (χ3v) is 3.64. The molecule has 0 aliphatic rings. The Morgan fingerprint density at radius 2 is 1.42 bits per heavy atom. The Kier molecular flexibility index (Phi) is 5.06. The van der Waals surface area contributed by atoms with Gasteiger partial charge in [0, 0.05) is 23.4 Å². The average Bonchev–Trinajstić information content (AvgIpc) is 2.61. The van der Waals surface area contributed by atoms with E-state index in [1.54, 1.807) is 30.3 Å². The number of hydrogen-bond donors (Lipinski definition) is 1. The van der Waals surface area contributed by atoms with Gasteiger partial charge in [-0.1, -0.05) is 36.4 Å². The zero-order chi connectivity index (χ0) is 16.8. The quantitative estimate of drug-likeness (QED) is 0.676. The van der Waals surface area contributed by atoms with E-state index in [1.807, 2.05) is 24.3 Å². The maximum Gasteiger partial charge on any atom is 0.129 e. The van der Waals surface area contributed by atoms with E-state index >= 15 is 0 Å². The van der Waals surface area contributed by atoms with Crippen molar-refractivity contribution in [3.63, 3.8) is 0 Å². The SMILES string of the molecule is Fc1ccc(NCc2ccccc2OCc2ccccc2F)cc1. The van der Waals surface area contributed by atoms with Crippen LogP contribution in [0.2, 0.25) is 0 Å². The van der Waals surface area contributed by atoms with Crippen molar-refractivity contribution in [2.75, 3.05) is 5.32 Å². The molecule has 0 unspecified atom stereocenters. The lowest BCUT2D eigenvalue weighted by Gasteiger charge is -2.13. The standard InChI is InChI=1S/C20H17F2NO/c21-17-9-11-18(12-10-17)23-13-15-5-2-4-8-20(15)24-14-16-6-1-3-7-19(16)22/h1-12,23H,13-14H2. The lowest BCUT2D eigenvalue weighted by atomic mass is 10.2. The molecule has 3 aromatic carbocycles. The van der Waals surface area contributed by atoms with Crippen LogP contribution < -0.4 is 10.1 Å². The molecule has 3 aromatic rings. The topological polar surface area (TPSA) is 21.3 Å². The summed E-state index contributed by atoms with van der Waals surface area (Å²) in [5, 5.41) is 3.22. The van der Waals surface area contributed by atoms with E-state index in [0.29, 0.717) is 17.9 Å². The molecule has 0 aliphatic carbocycles. The Bertz CT molecular complexity index is 803. The summed E-state index contributed by atoms with van der Waals surface area (Å²) >= 11 is 0.